The molecule has 4 saturated carbocycles. The predicted octanol–water partition coefficient (Wildman–Crippen LogP) is 5.05. The lowest BCUT2D eigenvalue weighted by Crippen LogP contribution is -2.57. The van der Waals surface area contributed by atoms with Crippen LogP contribution in [-0.4, -0.2) is 5.78 Å². The summed E-state index contributed by atoms with van der Waals surface area (Å²) in [5, 5.41) is 0. The molecule has 0 aromatic rings. The predicted molar refractivity (Wildman–Crippen MR) is 81.4 cm³/mol. The molecule has 5 aliphatic rings. The van der Waals surface area contributed by atoms with Gasteiger partial charge in [-0.25, -0.2) is 0 Å². The molecule has 2 atom stereocenters. The van der Waals surface area contributed by atoms with Gasteiger partial charge < -0.3 is 0 Å². The second-order valence-corrected chi connectivity index (χ2v) is 9.21. The number of allylic oxidation sites excluding steroid dienone is 2. The van der Waals surface area contributed by atoms with E-state index in [0.29, 0.717) is 16.6 Å². The Balaban J connectivity index is 1.70. The van der Waals surface area contributed by atoms with E-state index in [0.717, 1.165) is 18.8 Å². The van der Waals surface area contributed by atoms with Crippen molar-refractivity contribution >= 4 is 5.78 Å². The van der Waals surface area contributed by atoms with Gasteiger partial charge in [-0.3, -0.25) is 4.79 Å². The van der Waals surface area contributed by atoms with Crippen LogP contribution in [0.4, 0.5) is 0 Å². The van der Waals surface area contributed by atoms with E-state index in [1.54, 1.807) is 0 Å². The van der Waals surface area contributed by atoms with E-state index in [2.05, 4.69) is 19.9 Å². The standard InChI is InChI=1S/C19H28O/c1-17-8-14-9-18(2,11-17)13-19(10-14,12-17)16(20)15-6-4-3-5-7-15/h6,14H,3-5,7-13H2,1-2H3. The Morgan fingerprint density at radius 3 is 2.30 bits per heavy atom. The highest BCUT2D eigenvalue weighted by Crippen LogP contribution is 2.70. The maximum Gasteiger partial charge on any atom is 0.164 e. The molecule has 2 unspecified atom stereocenters. The van der Waals surface area contributed by atoms with Crippen LogP contribution >= 0.6 is 0 Å². The topological polar surface area (TPSA) is 17.1 Å². The van der Waals surface area contributed by atoms with Gasteiger partial charge in [0, 0.05) is 5.41 Å². The van der Waals surface area contributed by atoms with Gasteiger partial charge in [-0.1, -0.05) is 19.9 Å². The number of hydrogen-bond acceptors (Lipinski definition) is 1. The molecule has 0 aliphatic heterocycles. The van der Waals surface area contributed by atoms with Crippen LogP contribution < -0.4 is 0 Å². The summed E-state index contributed by atoms with van der Waals surface area (Å²) < 4.78 is 0. The van der Waals surface area contributed by atoms with E-state index in [1.165, 1.54) is 56.9 Å². The van der Waals surface area contributed by atoms with Crippen molar-refractivity contribution in [3.8, 4) is 0 Å². The Bertz CT molecular complexity index is 468. The molecule has 5 rings (SSSR count). The lowest BCUT2D eigenvalue weighted by molar-refractivity contribution is -0.165. The summed E-state index contributed by atoms with van der Waals surface area (Å²) in [6.07, 6.45) is 14.7. The zero-order valence-corrected chi connectivity index (χ0v) is 13.1. The molecule has 0 amide bonds. The molecule has 4 bridgehead atoms. The number of carbonyl (C=O) groups excluding carboxylic acids is 1. The molecule has 0 heterocycles. The van der Waals surface area contributed by atoms with Crippen molar-refractivity contribution in [1.29, 1.82) is 0 Å². The molecule has 1 heteroatoms. The second kappa shape index (κ2) is 3.99. The Kier molecular flexibility index (Phi) is 2.61. The van der Waals surface area contributed by atoms with E-state index in [9.17, 15) is 4.79 Å². The molecule has 0 radical (unpaired) electrons. The highest BCUT2D eigenvalue weighted by molar-refractivity contribution is 6.00. The summed E-state index contributed by atoms with van der Waals surface area (Å²) >= 11 is 0. The zero-order chi connectivity index (χ0) is 14.0. The van der Waals surface area contributed by atoms with Gasteiger partial charge >= 0.3 is 0 Å². The number of rotatable bonds is 2. The average molecular weight is 272 g/mol. The van der Waals surface area contributed by atoms with Gasteiger partial charge in [0.1, 0.15) is 0 Å². The molecule has 4 fully saturated rings. The summed E-state index contributed by atoms with van der Waals surface area (Å²) in [5.41, 5.74) is 2.15. The van der Waals surface area contributed by atoms with E-state index in [-0.39, 0.29) is 5.41 Å². The van der Waals surface area contributed by atoms with Crippen molar-refractivity contribution in [3.63, 3.8) is 0 Å². The fourth-order valence-electron chi connectivity index (χ4n) is 7.09. The fourth-order valence-corrected chi connectivity index (χ4v) is 7.09. The molecule has 1 nitrogen and oxygen atoms in total. The van der Waals surface area contributed by atoms with Crippen LogP contribution in [0.1, 0.15) is 78.1 Å². The molecule has 0 aromatic heterocycles. The van der Waals surface area contributed by atoms with Gasteiger partial charge in [0.05, 0.1) is 0 Å². The summed E-state index contributed by atoms with van der Waals surface area (Å²) in [7, 11) is 0. The maximum atomic E-state index is 13.3. The lowest BCUT2D eigenvalue weighted by Gasteiger charge is -2.65. The monoisotopic (exact) mass is 272 g/mol. The SMILES string of the molecule is CC12CC3CC(C)(C1)CC(C(=O)C1=CCCCC1)(C3)C2. The van der Waals surface area contributed by atoms with Crippen LogP contribution in [0.15, 0.2) is 11.6 Å². The lowest BCUT2D eigenvalue weighted by atomic mass is 9.39. The first-order valence-electron chi connectivity index (χ1n) is 8.66. The Hall–Kier alpha value is -0.590. The van der Waals surface area contributed by atoms with Gasteiger partial charge in [0.25, 0.3) is 0 Å². The maximum absolute atomic E-state index is 13.3. The fraction of sp³-hybridized carbons (Fsp3) is 0.842. The highest BCUT2D eigenvalue weighted by Gasteiger charge is 2.62. The van der Waals surface area contributed by atoms with Gasteiger partial charge in [-0.05, 0) is 86.5 Å². The minimum Gasteiger partial charge on any atom is -0.294 e. The Morgan fingerprint density at radius 2 is 1.75 bits per heavy atom. The van der Waals surface area contributed by atoms with Crippen molar-refractivity contribution in [3.05, 3.63) is 11.6 Å². The van der Waals surface area contributed by atoms with Gasteiger partial charge in [-0.15, -0.1) is 0 Å². The third-order valence-electron chi connectivity index (χ3n) is 6.69. The molecule has 0 N–H and O–H groups in total. The number of hydrogen-bond donors (Lipinski definition) is 0. The summed E-state index contributed by atoms with van der Waals surface area (Å²) in [6, 6.07) is 0. The number of ketones is 1. The van der Waals surface area contributed by atoms with E-state index < -0.39 is 0 Å². The summed E-state index contributed by atoms with van der Waals surface area (Å²) in [4.78, 5) is 13.3. The minimum absolute atomic E-state index is 0.0338. The van der Waals surface area contributed by atoms with Crippen molar-refractivity contribution < 1.29 is 4.79 Å². The van der Waals surface area contributed by atoms with Crippen molar-refractivity contribution in [2.45, 2.75) is 78.1 Å². The van der Waals surface area contributed by atoms with Crippen LogP contribution in [-0.2, 0) is 4.79 Å². The zero-order valence-electron chi connectivity index (χ0n) is 13.1. The van der Waals surface area contributed by atoms with E-state index in [1.807, 2.05) is 0 Å². The van der Waals surface area contributed by atoms with Crippen LogP contribution in [0, 0.1) is 22.2 Å². The van der Waals surface area contributed by atoms with Crippen molar-refractivity contribution in [2.75, 3.05) is 0 Å². The first-order valence-corrected chi connectivity index (χ1v) is 8.66. The number of Topliss-reactive ketones (excluding diaryl/α,β-unsaturated/α-hetero) is 1. The van der Waals surface area contributed by atoms with Gasteiger partial charge in [0.2, 0.25) is 0 Å². The Labute approximate surface area is 123 Å². The summed E-state index contributed by atoms with van der Waals surface area (Å²) in [6.45, 7) is 4.93. The minimum atomic E-state index is 0.0338. The molecular weight excluding hydrogens is 244 g/mol. The molecule has 110 valence electrons. The van der Waals surface area contributed by atoms with Gasteiger partial charge in [0.15, 0.2) is 5.78 Å². The molecule has 0 aromatic carbocycles. The quantitative estimate of drug-likeness (QED) is 0.687. The van der Waals surface area contributed by atoms with Gasteiger partial charge in [-0.2, -0.15) is 0 Å². The highest BCUT2D eigenvalue weighted by atomic mass is 16.1. The van der Waals surface area contributed by atoms with Crippen molar-refractivity contribution in [2.24, 2.45) is 22.2 Å². The smallest absolute Gasteiger partial charge is 0.164 e. The normalized spacial score (nSPS) is 50.1. The van der Waals surface area contributed by atoms with Crippen LogP contribution in [0.2, 0.25) is 0 Å². The van der Waals surface area contributed by atoms with Crippen LogP contribution in [0.3, 0.4) is 0 Å². The third-order valence-corrected chi connectivity index (χ3v) is 6.69. The number of carbonyl (C=O) groups is 1. The molecule has 5 aliphatic carbocycles. The second-order valence-electron chi connectivity index (χ2n) is 9.21. The molecular formula is C19H28O. The van der Waals surface area contributed by atoms with Crippen molar-refractivity contribution in [1.82, 2.24) is 0 Å². The first-order chi connectivity index (χ1) is 9.42. The largest absolute Gasteiger partial charge is 0.294 e. The van der Waals surface area contributed by atoms with E-state index >= 15 is 0 Å². The molecule has 20 heavy (non-hydrogen) atoms. The van der Waals surface area contributed by atoms with Crippen LogP contribution in [0.25, 0.3) is 0 Å². The third kappa shape index (κ3) is 1.84. The average Bonchev–Trinajstić information content (AvgIpc) is 2.34. The summed E-state index contributed by atoms with van der Waals surface area (Å²) in [5.74, 6) is 1.40. The van der Waals surface area contributed by atoms with E-state index in [4.69, 9.17) is 0 Å². The molecule has 0 spiro atoms. The Morgan fingerprint density at radius 1 is 1.05 bits per heavy atom. The van der Waals surface area contributed by atoms with Crippen LogP contribution in [0.5, 0.6) is 0 Å². The first kappa shape index (κ1) is 13.1. The molecule has 0 saturated heterocycles.